The molecule has 0 amide bonds. The summed E-state index contributed by atoms with van der Waals surface area (Å²) in [6.07, 6.45) is 5.58. The molecule has 0 bridgehead atoms. The van der Waals surface area contributed by atoms with Gasteiger partial charge in [0, 0.05) is 5.92 Å². The van der Waals surface area contributed by atoms with E-state index < -0.39 is 0 Å². The van der Waals surface area contributed by atoms with Crippen LogP contribution in [0.3, 0.4) is 0 Å². The lowest BCUT2D eigenvalue weighted by molar-refractivity contribution is 0.174. The summed E-state index contributed by atoms with van der Waals surface area (Å²) in [5, 5.41) is 4.80. The zero-order valence-electron chi connectivity index (χ0n) is 12.8. The van der Waals surface area contributed by atoms with Crippen molar-refractivity contribution in [2.75, 3.05) is 12.1 Å². The van der Waals surface area contributed by atoms with Crippen molar-refractivity contribution < 1.29 is 9.47 Å². The number of halogens is 2. The van der Waals surface area contributed by atoms with Gasteiger partial charge in [0.25, 0.3) is 0 Å². The highest BCUT2D eigenvalue weighted by Crippen LogP contribution is 2.53. The molecule has 0 unspecified atom stereocenters. The van der Waals surface area contributed by atoms with Crippen LogP contribution < -0.4 is 14.8 Å². The quantitative estimate of drug-likeness (QED) is 0.677. The van der Waals surface area contributed by atoms with E-state index in [0.29, 0.717) is 21.9 Å². The summed E-state index contributed by atoms with van der Waals surface area (Å²) in [7, 11) is 0. The van der Waals surface area contributed by atoms with Crippen molar-refractivity contribution in [1.29, 1.82) is 0 Å². The number of hydrogen-bond donors (Lipinski definition) is 1. The van der Waals surface area contributed by atoms with Crippen LogP contribution >= 0.6 is 23.2 Å². The predicted octanol–water partition coefficient (Wildman–Crippen LogP) is 5.55. The Balaban J connectivity index is 1.61. The minimum atomic E-state index is 0.156. The molecular weight excluding hydrogens is 345 g/mol. The molecule has 2 aromatic carbocycles. The van der Waals surface area contributed by atoms with E-state index in [1.54, 1.807) is 0 Å². The first-order chi connectivity index (χ1) is 11.7. The second kappa shape index (κ2) is 5.33. The van der Waals surface area contributed by atoms with Crippen LogP contribution in [0.25, 0.3) is 0 Å². The summed E-state index contributed by atoms with van der Waals surface area (Å²) in [5.41, 5.74) is 3.35. The second-order valence-electron chi connectivity index (χ2n) is 6.41. The molecule has 0 fully saturated rings. The highest BCUT2D eigenvalue weighted by atomic mass is 35.5. The van der Waals surface area contributed by atoms with E-state index in [9.17, 15) is 0 Å². The highest BCUT2D eigenvalue weighted by molar-refractivity contribution is 6.43. The normalized spacial score (nSPS) is 26.0. The average molecular weight is 360 g/mol. The molecule has 3 nitrogen and oxygen atoms in total. The summed E-state index contributed by atoms with van der Waals surface area (Å²) in [5.74, 6) is 2.42. The Bertz CT molecular complexity index is 865. The first-order valence-corrected chi connectivity index (χ1v) is 8.78. The van der Waals surface area contributed by atoms with Crippen molar-refractivity contribution in [2.45, 2.75) is 18.4 Å². The van der Waals surface area contributed by atoms with E-state index in [-0.39, 0.29) is 12.8 Å². The molecule has 0 aromatic heterocycles. The number of ether oxygens (including phenoxy) is 2. The summed E-state index contributed by atoms with van der Waals surface area (Å²) < 4.78 is 11.0. The molecule has 5 rings (SSSR count). The van der Waals surface area contributed by atoms with E-state index in [1.165, 1.54) is 11.1 Å². The maximum absolute atomic E-state index is 6.48. The van der Waals surface area contributed by atoms with Crippen LogP contribution in [0.1, 0.15) is 29.5 Å². The van der Waals surface area contributed by atoms with Crippen molar-refractivity contribution in [2.24, 2.45) is 5.92 Å². The number of hydrogen-bond acceptors (Lipinski definition) is 3. The molecule has 0 saturated heterocycles. The smallest absolute Gasteiger partial charge is 0.231 e. The molecule has 0 saturated carbocycles. The highest BCUT2D eigenvalue weighted by Gasteiger charge is 2.39. The Labute approximate surface area is 150 Å². The summed E-state index contributed by atoms with van der Waals surface area (Å²) in [4.78, 5) is 0. The monoisotopic (exact) mass is 359 g/mol. The predicted molar refractivity (Wildman–Crippen MR) is 95.4 cm³/mol. The van der Waals surface area contributed by atoms with Gasteiger partial charge in [-0.3, -0.25) is 0 Å². The number of rotatable bonds is 1. The lowest BCUT2D eigenvalue weighted by Gasteiger charge is -2.38. The molecule has 3 atom stereocenters. The minimum Gasteiger partial charge on any atom is -0.454 e. The number of nitrogens with one attached hydrogen (secondary N) is 1. The fourth-order valence-corrected chi connectivity index (χ4v) is 4.42. The van der Waals surface area contributed by atoms with Crippen molar-refractivity contribution in [3.05, 3.63) is 63.7 Å². The van der Waals surface area contributed by atoms with Gasteiger partial charge in [-0.1, -0.05) is 47.5 Å². The molecule has 1 aliphatic carbocycles. The molecule has 0 radical (unpaired) electrons. The molecule has 5 heteroatoms. The first-order valence-electron chi connectivity index (χ1n) is 8.03. The Morgan fingerprint density at radius 3 is 2.83 bits per heavy atom. The van der Waals surface area contributed by atoms with Gasteiger partial charge >= 0.3 is 0 Å². The van der Waals surface area contributed by atoms with Crippen molar-refractivity contribution in [1.82, 2.24) is 0 Å². The van der Waals surface area contributed by atoms with E-state index >= 15 is 0 Å². The van der Waals surface area contributed by atoms with Gasteiger partial charge in [0.05, 0.1) is 21.8 Å². The van der Waals surface area contributed by atoms with Gasteiger partial charge in [0.2, 0.25) is 6.79 Å². The molecule has 3 aliphatic rings. The zero-order chi connectivity index (χ0) is 16.3. The molecule has 2 aromatic rings. The van der Waals surface area contributed by atoms with Crippen LogP contribution in [0.2, 0.25) is 10.0 Å². The maximum Gasteiger partial charge on any atom is 0.231 e. The van der Waals surface area contributed by atoms with Crippen LogP contribution in [0.15, 0.2) is 42.5 Å². The Kier molecular flexibility index (Phi) is 3.22. The number of anilines is 1. The maximum atomic E-state index is 6.48. The Morgan fingerprint density at radius 1 is 1.04 bits per heavy atom. The lowest BCUT2D eigenvalue weighted by Crippen LogP contribution is -2.29. The third kappa shape index (κ3) is 2.04. The fourth-order valence-electron chi connectivity index (χ4n) is 4.04. The molecular formula is C19H15Cl2NO2. The molecule has 122 valence electrons. The van der Waals surface area contributed by atoms with Gasteiger partial charge in [0.15, 0.2) is 11.5 Å². The molecule has 24 heavy (non-hydrogen) atoms. The lowest BCUT2D eigenvalue weighted by atomic mass is 9.77. The minimum absolute atomic E-state index is 0.156. The van der Waals surface area contributed by atoms with E-state index in [2.05, 4.69) is 35.7 Å². The van der Waals surface area contributed by atoms with Gasteiger partial charge in [-0.05, 0) is 41.7 Å². The summed E-state index contributed by atoms with van der Waals surface area (Å²) in [6, 6.07) is 10.3. The third-order valence-corrected chi connectivity index (χ3v) is 5.99. The largest absolute Gasteiger partial charge is 0.454 e. The SMILES string of the molecule is Clc1ccc2c(c1Cl)N[C@@H](c1ccc3c(c1)OCO3)[C@@H]1CC=C[C@H]21. The van der Waals surface area contributed by atoms with Gasteiger partial charge in [-0.2, -0.15) is 0 Å². The topological polar surface area (TPSA) is 30.5 Å². The molecule has 0 spiro atoms. The van der Waals surface area contributed by atoms with Crippen LogP contribution in [0.5, 0.6) is 11.5 Å². The standard InChI is InChI=1S/C19H15Cl2NO2/c20-14-6-5-13-11-2-1-3-12(11)18(22-19(13)17(14)21)10-4-7-15-16(8-10)24-9-23-15/h1-2,4-8,11-12,18,22H,3,9H2/t11-,12+,18-/m0/s1. The third-order valence-electron chi connectivity index (χ3n) is 5.18. The van der Waals surface area contributed by atoms with E-state index in [4.69, 9.17) is 32.7 Å². The molecule has 2 heterocycles. The van der Waals surface area contributed by atoms with Crippen molar-refractivity contribution in [3.8, 4) is 11.5 Å². The van der Waals surface area contributed by atoms with Crippen LogP contribution in [0.4, 0.5) is 5.69 Å². The number of fused-ring (bicyclic) bond motifs is 4. The van der Waals surface area contributed by atoms with Crippen LogP contribution in [-0.4, -0.2) is 6.79 Å². The Hall–Kier alpha value is -1.84. The van der Waals surface area contributed by atoms with E-state index in [1.807, 2.05) is 12.1 Å². The number of benzene rings is 2. The average Bonchev–Trinajstić information content (AvgIpc) is 3.25. The van der Waals surface area contributed by atoms with Crippen LogP contribution in [0, 0.1) is 5.92 Å². The van der Waals surface area contributed by atoms with Gasteiger partial charge in [-0.15, -0.1) is 0 Å². The Morgan fingerprint density at radius 2 is 1.92 bits per heavy atom. The van der Waals surface area contributed by atoms with E-state index in [0.717, 1.165) is 23.6 Å². The van der Waals surface area contributed by atoms with Crippen molar-refractivity contribution >= 4 is 28.9 Å². The van der Waals surface area contributed by atoms with Crippen LogP contribution in [-0.2, 0) is 0 Å². The van der Waals surface area contributed by atoms with Gasteiger partial charge in [-0.25, -0.2) is 0 Å². The fraction of sp³-hybridized carbons (Fsp3) is 0.263. The molecule has 2 aliphatic heterocycles. The van der Waals surface area contributed by atoms with Gasteiger partial charge in [0.1, 0.15) is 0 Å². The van der Waals surface area contributed by atoms with Crippen molar-refractivity contribution in [3.63, 3.8) is 0 Å². The van der Waals surface area contributed by atoms with Gasteiger partial charge < -0.3 is 14.8 Å². The number of allylic oxidation sites excluding steroid dienone is 2. The summed E-state index contributed by atoms with van der Waals surface area (Å²) >= 11 is 12.7. The first kappa shape index (κ1) is 14.5. The summed E-state index contributed by atoms with van der Waals surface area (Å²) in [6.45, 7) is 0.286. The zero-order valence-corrected chi connectivity index (χ0v) is 14.3. The molecule has 1 N–H and O–H groups in total. The second-order valence-corrected chi connectivity index (χ2v) is 7.20.